The van der Waals surface area contributed by atoms with E-state index >= 15 is 0 Å². The molecule has 1 atom stereocenters. The molecule has 3 rings (SSSR count). The van der Waals surface area contributed by atoms with E-state index < -0.39 is 0 Å². The Morgan fingerprint density at radius 2 is 2.00 bits per heavy atom. The highest BCUT2D eigenvalue weighted by molar-refractivity contribution is 6.10. The van der Waals surface area contributed by atoms with Gasteiger partial charge in [0.15, 0.2) is 0 Å². The van der Waals surface area contributed by atoms with Crippen molar-refractivity contribution in [2.24, 2.45) is 11.5 Å². The standard InChI is InChI=1S/C21H25FN4O2/c1-28-17-6-2-5-16-18(13-7-9-14(22)10-8-13)20(26-19(16)17)21(27)25-12-15(24)4-3-11-23/h2,5-10,15,26H,3-4,11-12,23-24H2,1H3,(H,25,27). The van der Waals surface area contributed by atoms with Crippen LogP contribution >= 0.6 is 0 Å². The van der Waals surface area contributed by atoms with Crippen LogP contribution in [0.25, 0.3) is 22.0 Å². The number of carbonyl (C=O) groups excluding carboxylic acids is 1. The van der Waals surface area contributed by atoms with Crippen LogP contribution < -0.4 is 21.5 Å². The minimum atomic E-state index is -0.335. The van der Waals surface area contributed by atoms with Gasteiger partial charge in [0, 0.05) is 23.5 Å². The van der Waals surface area contributed by atoms with Gasteiger partial charge in [0.05, 0.1) is 12.6 Å². The van der Waals surface area contributed by atoms with Gasteiger partial charge in [0.1, 0.15) is 17.3 Å². The molecule has 0 aliphatic heterocycles. The summed E-state index contributed by atoms with van der Waals surface area (Å²) >= 11 is 0. The first-order chi connectivity index (χ1) is 13.5. The summed E-state index contributed by atoms with van der Waals surface area (Å²) in [6.07, 6.45) is 1.55. The monoisotopic (exact) mass is 384 g/mol. The molecule has 1 heterocycles. The molecule has 6 nitrogen and oxygen atoms in total. The molecule has 1 amide bonds. The average molecular weight is 384 g/mol. The van der Waals surface area contributed by atoms with E-state index in [0.29, 0.717) is 35.6 Å². The minimum absolute atomic E-state index is 0.166. The highest BCUT2D eigenvalue weighted by atomic mass is 19.1. The Bertz CT molecular complexity index is 953. The van der Waals surface area contributed by atoms with Crippen LogP contribution in [0.1, 0.15) is 23.3 Å². The van der Waals surface area contributed by atoms with Crippen molar-refractivity contribution in [3.63, 3.8) is 0 Å². The van der Waals surface area contributed by atoms with Gasteiger partial charge in [-0.3, -0.25) is 4.79 Å². The second kappa shape index (κ2) is 8.86. The number of H-pyrrole nitrogens is 1. The lowest BCUT2D eigenvalue weighted by Crippen LogP contribution is -2.37. The fraction of sp³-hybridized carbons (Fsp3) is 0.286. The largest absolute Gasteiger partial charge is 0.495 e. The molecule has 0 saturated carbocycles. The van der Waals surface area contributed by atoms with E-state index in [1.807, 2.05) is 18.2 Å². The van der Waals surface area contributed by atoms with Crippen molar-refractivity contribution in [1.29, 1.82) is 0 Å². The summed E-state index contributed by atoms with van der Waals surface area (Å²) in [6, 6.07) is 11.5. The van der Waals surface area contributed by atoms with Crippen molar-refractivity contribution in [3.8, 4) is 16.9 Å². The van der Waals surface area contributed by atoms with Crippen molar-refractivity contribution < 1.29 is 13.9 Å². The first-order valence-electron chi connectivity index (χ1n) is 9.23. The van der Waals surface area contributed by atoms with Gasteiger partial charge in [-0.1, -0.05) is 24.3 Å². The topological polar surface area (TPSA) is 106 Å². The summed E-state index contributed by atoms with van der Waals surface area (Å²) in [4.78, 5) is 16.1. The second-order valence-electron chi connectivity index (χ2n) is 6.67. The molecular formula is C21H25FN4O2. The molecule has 1 aromatic heterocycles. The molecule has 7 heteroatoms. The van der Waals surface area contributed by atoms with Crippen molar-refractivity contribution in [2.45, 2.75) is 18.9 Å². The molecule has 6 N–H and O–H groups in total. The van der Waals surface area contributed by atoms with Crippen LogP contribution in [-0.2, 0) is 0 Å². The van der Waals surface area contributed by atoms with Crippen LogP contribution in [0.3, 0.4) is 0 Å². The number of aromatic nitrogens is 1. The van der Waals surface area contributed by atoms with Crippen molar-refractivity contribution in [3.05, 3.63) is 54.0 Å². The number of hydrogen-bond acceptors (Lipinski definition) is 4. The number of amides is 1. The van der Waals surface area contributed by atoms with Crippen LogP contribution in [0.4, 0.5) is 4.39 Å². The number of aromatic amines is 1. The van der Waals surface area contributed by atoms with Crippen LogP contribution in [-0.4, -0.2) is 37.1 Å². The summed E-state index contributed by atoms with van der Waals surface area (Å²) in [5, 5.41) is 3.70. The van der Waals surface area contributed by atoms with Gasteiger partial charge in [0.2, 0.25) is 0 Å². The quantitative estimate of drug-likeness (QED) is 0.479. The molecule has 0 saturated heterocycles. The van der Waals surface area contributed by atoms with Gasteiger partial charge in [-0.2, -0.15) is 0 Å². The number of nitrogens with one attached hydrogen (secondary N) is 2. The predicted molar refractivity (Wildman–Crippen MR) is 109 cm³/mol. The molecule has 0 radical (unpaired) electrons. The molecule has 2 aromatic carbocycles. The maximum absolute atomic E-state index is 13.4. The third-order valence-corrected chi connectivity index (χ3v) is 4.68. The van der Waals surface area contributed by atoms with Gasteiger partial charge in [-0.05, 0) is 43.1 Å². The van der Waals surface area contributed by atoms with Gasteiger partial charge in [0.25, 0.3) is 5.91 Å². The lowest BCUT2D eigenvalue weighted by molar-refractivity contribution is 0.0947. The van der Waals surface area contributed by atoms with Gasteiger partial charge in [-0.25, -0.2) is 4.39 Å². The Morgan fingerprint density at radius 1 is 1.25 bits per heavy atom. The van der Waals surface area contributed by atoms with E-state index in [4.69, 9.17) is 16.2 Å². The number of ether oxygens (including phenoxy) is 1. The molecule has 28 heavy (non-hydrogen) atoms. The Morgan fingerprint density at radius 3 is 2.68 bits per heavy atom. The molecule has 0 fully saturated rings. The number of benzene rings is 2. The highest BCUT2D eigenvalue weighted by Crippen LogP contribution is 2.36. The smallest absolute Gasteiger partial charge is 0.268 e. The lowest BCUT2D eigenvalue weighted by Gasteiger charge is -2.12. The third-order valence-electron chi connectivity index (χ3n) is 4.68. The number of halogens is 1. The summed E-state index contributed by atoms with van der Waals surface area (Å²) in [6.45, 7) is 0.909. The molecular weight excluding hydrogens is 359 g/mol. The average Bonchev–Trinajstić information content (AvgIpc) is 3.10. The summed E-state index contributed by atoms with van der Waals surface area (Å²) in [5.74, 6) is 0.0124. The third kappa shape index (κ3) is 4.16. The van der Waals surface area contributed by atoms with Crippen LogP contribution in [0.2, 0.25) is 0 Å². The molecule has 0 aliphatic rings. The Kier molecular flexibility index (Phi) is 6.28. The molecule has 0 aliphatic carbocycles. The van der Waals surface area contributed by atoms with Gasteiger partial charge >= 0.3 is 0 Å². The summed E-state index contributed by atoms with van der Waals surface area (Å²) in [5.41, 5.74) is 14.1. The SMILES string of the molecule is COc1cccc2c(-c3ccc(F)cc3)c(C(=O)NCC(N)CCCN)[nH]c12. The molecule has 3 aromatic rings. The number of carbonyl (C=O) groups is 1. The van der Waals surface area contributed by atoms with E-state index in [1.54, 1.807) is 19.2 Å². The number of methoxy groups -OCH3 is 1. The van der Waals surface area contributed by atoms with E-state index in [0.717, 1.165) is 23.8 Å². The number of fused-ring (bicyclic) bond motifs is 1. The molecule has 0 spiro atoms. The predicted octanol–water partition coefficient (Wildman–Crippen LogP) is 2.78. The van der Waals surface area contributed by atoms with Crippen molar-refractivity contribution in [2.75, 3.05) is 20.2 Å². The Labute approximate surface area is 163 Å². The number of nitrogens with two attached hydrogens (primary N) is 2. The minimum Gasteiger partial charge on any atom is -0.495 e. The fourth-order valence-electron chi connectivity index (χ4n) is 3.24. The second-order valence-corrected chi connectivity index (χ2v) is 6.67. The fourth-order valence-corrected chi connectivity index (χ4v) is 3.24. The zero-order chi connectivity index (χ0) is 20.1. The number of para-hydroxylation sites is 1. The number of hydrogen-bond donors (Lipinski definition) is 4. The maximum atomic E-state index is 13.4. The van der Waals surface area contributed by atoms with E-state index in [9.17, 15) is 9.18 Å². The molecule has 1 unspecified atom stereocenters. The zero-order valence-corrected chi connectivity index (χ0v) is 15.8. The maximum Gasteiger partial charge on any atom is 0.268 e. The van der Waals surface area contributed by atoms with Gasteiger partial charge < -0.3 is 26.5 Å². The van der Waals surface area contributed by atoms with Crippen molar-refractivity contribution in [1.82, 2.24) is 10.3 Å². The Balaban J connectivity index is 1.99. The van der Waals surface area contributed by atoms with E-state index in [2.05, 4.69) is 10.3 Å². The highest BCUT2D eigenvalue weighted by Gasteiger charge is 2.21. The van der Waals surface area contributed by atoms with Crippen LogP contribution in [0, 0.1) is 5.82 Å². The van der Waals surface area contributed by atoms with Crippen LogP contribution in [0.15, 0.2) is 42.5 Å². The van der Waals surface area contributed by atoms with Crippen LogP contribution in [0.5, 0.6) is 5.75 Å². The Hall–Kier alpha value is -2.90. The number of rotatable bonds is 8. The first kappa shape index (κ1) is 19.9. The van der Waals surface area contributed by atoms with Gasteiger partial charge in [-0.15, -0.1) is 0 Å². The lowest BCUT2D eigenvalue weighted by atomic mass is 10.0. The van der Waals surface area contributed by atoms with Crippen molar-refractivity contribution >= 4 is 16.8 Å². The summed E-state index contributed by atoms with van der Waals surface area (Å²) < 4.78 is 18.8. The summed E-state index contributed by atoms with van der Waals surface area (Å²) in [7, 11) is 1.57. The normalized spacial score (nSPS) is 12.1. The molecule has 148 valence electrons. The van der Waals surface area contributed by atoms with E-state index in [-0.39, 0.29) is 17.8 Å². The zero-order valence-electron chi connectivity index (χ0n) is 15.8. The molecule has 0 bridgehead atoms. The first-order valence-corrected chi connectivity index (χ1v) is 9.23. The van der Waals surface area contributed by atoms with E-state index in [1.165, 1.54) is 12.1 Å².